The molecule has 2 aromatic heterocycles. The molecular formula is C10H13Cl2N5. The van der Waals surface area contributed by atoms with Gasteiger partial charge in [-0.3, -0.25) is 0 Å². The third-order valence-electron chi connectivity index (χ3n) is 2.57. The summed E-state index contributed by atoms with van der Waals surface area (Å²) in [6.45, 7) is 2.54. The summed E-state index contributed by atoms with van der Waals surface area (Å²) >= 11 is 12.0. The van der Waals surface area contributed by atoms with Crippen LogP contribution in [0.4, 0.5) is 0 Å². The molecule has 1 atom stereocenters. The van der Waals surface area contributed by atoms with Crippen molar-refractivity contribution in [3.63, 3.8) is 0 Å². The number of halogens is 2. The SMILES string of the molecule is CCC(Cl)c1cn(Cc2ncc(Cl)n2C)nn1. The first kappa shape index (κ1) is 12.4. The maximum atomic E-state index is 6.08. The van der Waals surface area contributed by atoms with Crippen LogP contribution in [-0.4, -0.2) is 24.5 Å². The lowest BCUT2D eigenvalue weighted by Gasteiger charge is -2.02. The molecule has 0 radical (unpaired) electrons. The third-order valence-corrected chi connectivity index (χ3v) is 3.45. The van der Waals surface area contributed by atoms with Crippen LogP contribution >= 0.6 is 23.2 Å². The Bertz CT molecular complexity index is 505. The normalized spacial score (nSPS) is 12.9. The van der Waals surface area contributed by atoms with E-state index in [-0.39, 0.29) is 5.38 Å². The second-order valence-corrected chi connectivity index (χ2v) is 4.69. The Hall–Kier alpha value is -1.07. The van der Waals surface area contributed by atoms with E-state index in [0.717, 1.165) is 17.9 Å². The lowest BCUT2D eigenvalue weighted by atomic mass is 10.3. The maximum Gasteiger partial charge on any atom is 0.131 e. The molecule has 0 amide bonds. The van der Waals surface area contributed by atoms with Crippen molar-refractivity contribution >= 4 is 23.2 Å². The van der Waals surface area contributed by atoms with E-state index in [9.17, 15) is 0 Å². The highest BCUT2D eigenvalue weighted by atomic mass is 35.5. The van der Waals surface area contributed by atoms with Crippen LogP contribution in [0.15, 0.2) is 12.4 Å². The van der Waals surface area contributed by atoms with Crippen LogP contribution in [0.1, 0.15) is 30.2 Å². The summed E-state index contributed by atoms with van der Waals surface area (Å²) in [7, 11) is 1.86. The number of alkyl halides is 1. The van der Waals surface area contributed by atoms with Crippen molar-refractivity contribution in [3.05, 3.63) is 29.1 Å². The van der Waals surface area contributed by atoms with Gasteiger partial charge in [-0.2, -0.15) is 0 Å². The predicted molar refractivity (Wildman–Crippen MR) is 66.2 cm³/mol. The lowest BCUT2D eigenvalue weighted by Crippen LogP contribution is -2.06. The van der Waals surface area contributed by atoms with Gasteiger partial charge in [-0.15, -0.1) is 16.7 Å². The van der Waals surface area contributed by atoms with Gasteiger partial charge in [-0.05, 0) is 6.42 Å². The van der Waals surface area contributed by atoms with Crippen molar-refractivity contribution in [2.75, 3.05) is 0 Å². The molecule has 0 fully saturated rings. The number of hydrogen-bond donors (Lipinski definition) is 0. The van der Waals surface area contributed by atoms with Gasteiger partial charge >= 0.3 is 0 Å². The molecule has 1 unspecified atom stereocenters. The van der Waals surface area contributed by atoms with Gasteiger partial charge in [0.15, 0.2) is 0 Å². The summed E-state index contributed by atoms with van der Waals surface area (Å²) in [5.74, 6) is 0.828. The van der Waals surface area contributed by atoms with Crippen molar-refractivity contribution in [2.45, 2.75) is 25.3 Å². The Morgan fingerprint density at radius 2 is 2.24 bits per heavy atom. The van der Waals surface area contributed by atoms with Crippen molar-refractivity contribution in [2.24, 2.45) is 7.05 Å². The average molecular weight is 274 g/mol. The number of imidazole rings is 1. The van der Waals surface area contributed by atoms with Crippen LogP contribution in [-0.2, 0) is 13.6 Å². The van der Waals surface area contributed by atoms with Crippen molar-refractivity contribution in [1.29, 1.82) is 0 Å². The van der Waals surface area contributed by atoms with Gasteiger partial charge in [-0.25, -0.2) is 9.67 Å². The third kappa shape index (κ3) is 2.61. The number of rotatable bonds is 4. The molecule has 0 saturated carbocycles. The zero-order valence-corrected chi connectivity index (χ0v) is 11.2. The van der Waals surface area contributed by atoms with Crippen LogP contribution in [0.2, 0.25) is 5.15 Å². The Morgan fingerprint density at radius 3 is 2.82 bits per heavy atom. The van der Waals surface area contributed by atoms with Crippen molar-refractivity contribution < 1.29 is 0 Å². The summed E-state index contributed by atoms with van der Waals surface area (Å²) in [6, 6.07) is 0. The lowest BCUT2D eigenvalue weighted by molar-refractivity contribution is 0.607. The van der Waals surface area contributed by atoms with Crippen molar-refractivity contribution in [3.8, 4) is 0 Å². The molecule has 5 nitrogen and oxygen atoms in total. The number of nitrogens with zero attached hydrogens (tertiary/aromatic N) is 5. The fourth-order valence-electron chi connectivity index (χ4n) is 1.46. The molecule has 7 heteroatoms. The van der Waals surface area contributed by atoms with Crippen LogP contribution < -0.4 is 0 Å². The van der Waals surface area contributed by atoms with Crippen LogP contribution in [0.3, 0.4) is 0 Å². The van der Waals surface area contributed by atoms with Gasteiger partial charge in [-0.1, -0.05) is 23.7 Å². The zero-order chi connectivity index (χ0) is 12.4. The van der Waals surface area contributed by atoms with Gasteiger partial charge in [0.05, 0.1) is 17.8 Å². The second-order valence-electron chi connectivity index (χ2n) is 3.77. The van der Waals surface area contributed by atoms with Crippen LogP contribution in [0, 0.1) is 0 Å². The number of aromatic nitrogens is 5. The predicted octanol–water partition coefficient (Wildman–Crippen LogP) is 2.40. The first-order chi connectivity index (χ1) is 8.11. The Kier molecular flexibility index (Phi) is 3.69. The second kappa shape index (κ2) is 5.06. The van der Waals surface area contributed by atoms with Crippen LogP contribution in [0.5, 0.6) is 0 Å². The van der Waals surface area contributed by atoms with Gasteiger partial charge in [0.1, 0.15) is 23.2 Å². The van der Waals surface area contributed by atoms with E-state index >= 15 is 0 Å². The zero-order valence-electron chi connectivity index (χ0n) is 9.64. The van der Waals surface area contributed by atoms with E-state index in [1.165, 1.54) is 0 Å². The molecule has 17 heavy (non-hydrogen) atoms. The van der Waals surface area contributed by atoms with Gasteiger partial charge in [0, 0.05) is 7.05 Å². The van der Waals surface area contributed by atoms with E-state index in [2.05, 4.69) is 15.3 Å². The highest BCUT2D eigenvalue weighted by Gasteiger charge is 2.11. The minimum absolute atomic E-state index is 0.0892. The standard InChI is InChI=1S/C10H13Cl2N5/c1-3-7(11)8-5-17(15-14-8)6-10-13-4-9(12)16(10)2/h4-5,7H,3,6H2,1-2H3. The minimum Gasteiger partial charge on any atom is -0.321 e. The van der Waals surface area contributed by atoms with E-state index in [1.54, 1.807) is 15.4 Å². The molecule has 0 aliphatic carbocycles. The Labute approximate surface area is 109 Å². The maximum absolute atomic E-state index is 6.08. The fraction of sp³-hybridized carbons (Fsp3) is 0.500. The van der Waals surface area contributed by atoms with Gasteiger partial charge in [0.25, 0.3) is 0 Å². The minimum atomic E-state index is -0.0892. The van der Waals surface area contributed by atoms with E-state index < -0.39 is 0 Å². The molecule has 92 valence electrons. The highest BCUT2D eigenvalue weighted by molar-refractivity contribution is 6.29. The smallest absolute Gasteiger partial charge is 0.131 e. The first-order valence-electron chi connectivity index (χ1n) is 5.32. The first-order valence-corrected chi connectivity index (χ1v) is 6.13. The largest absolute Gasteiger partial charge is 0.321 e. The summed E-state index contributed by atoms with van der Waals surface area (Å²) in [5.41, 5.74) is 0.787. The highest BCUT2D eigenvalue weighted by Crippen LogP contribution is 2.21. The summed E-state index contributed by atoms with van der Waals surface area (Å²) < 4.78 is 3.51. The Morgan fingerprint density at radius 1 is 1.47 bits per heavy atom. The molecular weight excluding hydrogens is 261 g/mol. The van der Waals surface area contributed by atoms with E-state index in [4.69, 9.17) is 23.2 Å². The fourth-order valence-corrected chi connectivity index (χ4v) is 1.71. The molecule has 0 aliphatic heterocycles. The molecule has 2 heterocycles. The van der Waals surface area contributed by atoms with Crippen LogP contribution in [0.25, 0.3) is 0 Å². The molecule has 2 rings (SSSR count). The molecule has 0 aromatic carbocycles. The molecule has 0 spiro atoms. The summed E-state index contributed by atoms with van der Waals surface area (Å²) in [6.07, 6.45) is 4.28. The van der Waals surface area contributed by atoms with Gasteiger partial charge in [0.2, 0.25) is 0 Å². The Balaban J connectivity index is 2.14. The van der Waals surface area contributed by atoms with E-state index in [0.29, 0.717) is 11.7 Å². The molecule has 0 N–H and O–H groups in total. The molecule has 0 saturated heterocycles. The topological polar surface area (TPSA) is 48.5 Å². The summed E-state index contributed by atoms with van der Waals surface area (Å²) in [4.78, 5) is 4.19. The molecule has 0 bridgehead atoms. The quantitative estimate of drug-likeness (QED) is 0.804. The summed E-state index contributed by atoms with van der Waals surface area (Å²) in [5, 5.41) is 8.56. The van der Waals surface area contributed by atoms with Gasteiger partial charge < -0.3 is 4.57 Å². The van der Waals surface area contributed by atoms with E-state index in [1.807, 2.05) is 20.2 Å². The monoisotopic (exact) mass is 273 g/mol. The number of hydrogen-bond acceptors (Lipinski definition) is 3. The molecule has 0 aliphatic rings. The molecule has 2 aromatic rings. The average Bonchev–Trinajstić information content (AvgIpc) is 2.91. The van der Waals surface area contributed by atoms with Crippen molar-refractivity contribution in [1.82, 2.24) is 24.5 Å².